The van der Waals surface area contributed by atoms with Crippen molar-refractivity contribution in [1.29, 1.82) is 0 Å². The van der Waals surface area contributed by atoms with Crippen molar-refractivity contribution in [2.45, 2.75) is 6.54 Å². The third-order valence-corrected chi connectivity index (χ3v) is 3.78. The molecular formula is C15H15N5S. The number of anilines is 2. The summed E-state index contributed by atoms with van der Waals surface area (Å²) >= 11 is 1.72. The Morgan fingerprint density at radius 2 is 2.05 bits per heavy atom. The maximum atomic E-state index is 4.45. The van der Waals surface area contributed by atoms with E-state index in [1.54, 1.807) is 24.6 Å². The summed E-state index contributed by atoms with van der Waals surface area (Å²) in [6, 6.07) is 11.8. The molecule has 0 radical (unpaired) electrons. The van der Waals surface area contributed by atoms with Gasteiger partial charge in [0.15, 0.2) is 0 Å². The van der Waals surface area contributed by atoms with Crippen LogP contribution in [0.2, 0.25) is 0 Å². The van der Waals surface area contributed by atoms with E-state index in [-0.39, 0.29) is 0 Å². The molecule has 0 atom stereocenters. The highest BCUT2D eigenvalue weighted by molar-refractivity contribution is 7.09. The highest BCUT2D eigenvalue weighted by Gasteiger charge is 2.06. The Hall–Kier alpha value is -2.47. The summed E-state index contributed by atoms with van der Waals surface area (Å²) in [5, 5.41) is 8.37. The highest BCUT2D eigenvalue weighted by Crippen LogP contribution is 2.20. The molecule has 0 amide bonds. The standard InChI is InChI=1S/C15H15N5S/c1-16-15-19-13(12-6-2-3-7-17-12)9-14(20-15)18-10-11-5-4-8-21-11/h2-9H,10H2,1H3,(H2,16,18,19,20). The van der Waals surface area contributed by atoms with Crippen molar-refractivity contribution < 1.29 is 0 Å². The van der Waals surface area contributed by atoms with Gasteiger partial charge in [-0.1, -0.05) is 12.1 Å². The van der Waals surface area contributed by atoms with Crippen molar-refractivity contribution in [1.82, 2.24) is 15.0 Å². The van der Waals surface area contributed by atoms with Crippen LogP contribution in [0.5, 0.6) is 0 Å². The molecule has 6 heteroatoms. The summed E-state index contributed by atoms with van der Waals surface area (Å²) in [5.74, 6) is 1.36. The van der Waals surface area contributed by atoms with E-state index in [9.17, 15) is 0 Å². The average molecular weight is 297 g/mol. The van der Waals surface area contributed by atoms with Gasteiger partial charge in [0, 0.05) is 24.2 Å². The Labute approximate surface area is 127 Å². The van der Waals surface area contributed by atoms with Gasteiger partial charge in [0.05, 0.1) is 17.9 Å². The minimum absolute atomic E-state index is 0.576. The van der Waals surface area contributed by atoms with Gasteiger partial charge in [-0.2, -0.15) is 4.98 Å². The minimum atomic E-state index is 0.576. The third-order valence-electron chi connectivity index (χ3n) is 2.90. The first-order valence-corrected chi connectivity index (χ1v) is 7.47. The Bertz CT molecular complexity index is 697. The van der Waals surface area contributed by atoms with Crippen molar-refractivity contribution in [2.24, 2.45) is 0 Å². The average Bonchev–Trinajstić information content (AvgIpc) is 3.07. The molecule has 0 aliphatic heterocycles. The molecule has 3 heterocycles. The van der Waals surface area contributed by atoms with Crippen LogP contribution in [0, 0.1) is 0 Å². The molecule has 106 valence electrons. The van der Waals surface area contributed by atoms with Crippen LogP contribution in [-0.2, 0) is 6.54 Å². The van der Waals surface area contributed by atoms with Crippen LogP contribution in [0.3, 0.4) is 0 Å². The molecule has 0 bridgehead atoms. The zero-order valence-electron chi connectivity index (χ0n) is 11.6. The molecule has 0 aromatic carbocycles. The molecule has 0 fully saturated rings. The number of rotatable bonds is 5. The molecule has 0 aliphatic rings. The molecule has 0 saturated heterocycles. The van der Waals surface area contributed by atoms with Gasteiger partial charge in [0.25, 0.3) is 0 Å². The molecule has 2 N–H and O–H groups in total. The van der Waals surface area contributed by atoms with E-state index in [1.807, 2.05) is 30.3 Å². The summed E-state index contributed by atoms with van der Waals surface area (Å²) < 4.78 is 0. The second-order valence-corrected chi connectivity index (χ2v) is 5.39. The van der Waals surface area contributed by atoms with Gasteiger partial charge in [-0.05, 0) is 23.6 Å². The molecule has 3 aromatic rings. The van der Waals surface area contributed by atoms with E-state index >= 15 is 0 Å². The number of pyridine rings is 1. The van der Waals surface area contributed by atoms with Crippen LogP contribution in [0.15, 0.2) is 48.0 Å². The lowest BCUT2D eigenvalue weighted by atomic mass is 10.2. The molecule has 0 aliphatic carbocycles. The topological polar surface area (TPSA) is 62.7 Å². The predicted molar refractivity (Wildman–Crippen MR) is 86.5 cm³/mol. The Kier molecular flexibility index (Phi) is 4.07. The Morgan fingerprint density at radius 3 is 2.76 bits per heavy atom. The smallest absolute Gasteiger partial charge is 0.224 e. The lowest BCUT2D eigenvalue weighted by molar-refractivity contribution is 1.09. The first-order valence-electron chi connectivity index (χ1n) is 6.59. The molecule has 3 rings (SSSR count). The van der Waals surface area contributed by atoms with Gasteiger partial charge in [0.2, 0.25) is 5.95 Å². The Balaban J connectivity index is 1.86. The third kappa shape index (κ3) is 3.35. The van der Waals surface area contributed by atoms with Gasteiger partial charge in [-0.25, -0.2) is 4.98 Å². The molecule has 21 heavy (non-hydrogen) atoms. The monoisotopic (exact) mass is 297 g/mol. The largest absolute Gasteiger partial charge is 0.365 e. The molecule has 5 nitrogen and oxygen atoms in total. The summed E-state index contributed by atoms with van der Waals surface area (Å²) in [6.45, 7) is 0.749. The van der Waals surface area contributed by atoms with Crippen LogP contribution in [0.4, 0.5) is 11.8 Å². The summed E-state index contributed by atoms with van der Waals surface area (Å²) in [6.07, 6.45) is 1.76. The van der Waals surface area contributed by atoms with E-state index in [2.05, 4.69) is 37.0 Å². The molecule has 0 saturated carbocycles. The second-order valence-electron chi connectivity index (χ2n) is 4.36. The zero-order valence-corrected chi connectivity index (χ0v) is 12.4. The van der Waals surface area contributed by atoms with Gasteiger partial charge in [0.1, 0.15) is 5.82 Å². The maximum absolute atomic E-state index is 4.45. The van der Waals surface area contributed by atoms with E-state index in [0.717, 1.165) is 23.8 Å². The van der Waals surface area contributed by atoms with Crippen molar-refractivity contribution in [3.63, 3.8) is 0 Å². The second kappa shape index (κ2) is 6.32. The summed E-state index contributed by atoms with van der Waals surface area (Å²) in [5.41, 5.74) is 1.62. The summed E-state index contributed by atoms with van der Waals surface area (Å²) in [4.78, 5) is 14.5. The van der Waals surface area contributed by atoms with Crippen LogP contribution in [-0.4, -0.2) is 22.0 Å². The predicted octanol–water partition coefficient (Wildman–Crippen LogP) is 3.25. The van der Waals surface area contributed by atoms with E-state index < -0.39 is 0 Å². The number of aromatic nitrogens is 3. The van der Waals surface area contributed by atoms with Crippen molar-refractivity contribution in [2.75, 3.05) is 17.7 Å². The number of nitrogens with zero attached hydrogens (tertiary/aromatic N) is 3. The highest BCUT2D eigenvalue weighted by atomic mass is 32.1. The van der Waals surface area contributed by atoms with E-state index in [4.69, 9.17) is 0 Å². The molecular weight excluding hydrogens is 282 g/mol. The van der Waals surface area contributed by atoms with Crippen molar-refractivity contribution >= 4 is 23.1 Å². The van der Waals surface area contributed by atoms with Crippen LogP contribution in [0.25, 0.3) is 11.4 Å². The fourth-order valence-electron chi connectivity index (χ4n) is 1.89. The quantitative estimate of drug-likeness (QED) is 0.757. The first-order chi connectivity index (χ1) is 10.3. The molecule has 0 spiro atoms. The zero-order chi connectivity index (χ0) is 14.5. The number of thiophene rings is 1. The van der Waals surface area contributed by atoms with Crippen LogP contribution in [0.1, 0.15) is 4.88 Å². The minimum Gasteiger partial charge on any atom is -0.365 e. The van der Waals surface area contributed by atoms with Gasteiger partial charge in [-0.3, -0.25) is 4.98 Å². The van der Waals surface area contributed by atoms with Gasteiger partial charge < -0.3 is 10.6 Å². The van der Waals surface area contributed by atoms with E-state index in [1.165, 1.54) is 4.88 Å². The van der Waals surface area contributed by atoms with Crippen LogP contribution < -0.4 is 10.6 Å². The maximum Gasteiger partial charge on any atom is 0.224 e. The normalized spacial score (nSPS) is 10.3. The number of hydrogen-bond donors (Lipinski definition) is 2. The fraction of sp³-hybridized carbons (Fsp3) is 0.133. The fourth-order valence-corrected chi connectivity index (χ4v) is 2.53. The number of hydrogen-bond acceptors (Lipinski definition) is 6. The first kappa shape index (κ1) is 13.5. The Morgan fingerprint density at radius 1 is 1.10 bits per heavy atom. The SMILES string of the molecule is CNc1nc(NCc2cccs2)cc(-c2ccccn2)n1. The molecule has 3 aromatic heterocycles. The van der Waals surface area contributed by atoms with E-state index in [0.29, 0.717) is 5.95 Å². The summed E-state index contributed by atoms with van der Waals surface area (Å²) in [7, 11) is 1.81. The van der Waals surface area contributed by atoms with Crippen LogP contribution >= 0.6 is 11.3 Å². The van der Waals surface area contributed by atoms with Crippen molar-refractivity contribution in [3.05, 3.63) is 52.9 Å². The van der Waals surface area contributed by atoms with Crippen molar-refractivity contribution in [3.8, 4) is 11.4 Å². The number of nitrogens with one attached hydrogen (secondary N) is 2. The van der Waals surface area contributed by atoms with Gasteiger partial charge >= 0.3 is 0 Å². The van der Waals surface area contributed by atoms with Gasteiger partial charge in [-0.15, -0.1) is 11.3 Å². The lowest BCUT2D eigenvalue weighted by Crippen LogP contribution is -2.05. The molecule has 0 unspecified atom stereocenters. The lowest BCUT2D eigenvalue weighted by Gasteiger charge is -2.09.